The van der Waals surface area contributed by atoms with Crippen molar-refractivity contribution in [2.45, 2.75) is 18.8 Å². The van der Waals surface area contributed by atoms with Crippen molar-refractivity contribution in [3.05, 3.63) is 23.9 Å². The molecule has 0 aliphatic rings. The maximum atomic E-state index is 13.5. The summed E-state index contributed by atoms with van der Waals surface area (Å²) in [5.41, 5.74) is -0.479. The molecule has 0 aliphatic carbocycles. The summed E-state index contributed by atoms with van der Waals surface area (Å²) in [7, 11) is 1.32. The highest BCUT2D eigenvalue weighted by atomic mass is 19.3. The highest BCUT2D eigenvalue weighted by Crippen LogP contribution is 2.32. The Hall–Kier alpha value is -1.72. The summed E-state index contributed by atoms with van der Waals surface area (Å²) < 4.78 is 31.6. The highest BCUT2D eigenvalue weighted by molar-refractivity contribution is 5.66. The van der Waals surface area contributed by atoms with Crippen LogP contribution in [0.5, 0.6) is 5.88 Å². The molecule has 0 saturated carbocycles. The molecule has 0 fully saturated rings. The minimum Gasteiger partial charge on any atom is -0.481 e. The van der Waals surface area contributed by atoms with Gasteiger partial charge in [0.25, 0.3) is 5.92 Å². The van der Waals surface area contributed by atoms with Gasteiger partial charge in [0.05, 0.1) is 13.5 Å². The monoisotopic (exact) mass is 231 g/mol. The predicted molar refractivity (Wildman–Crippen MR) is 51.6 cm³/mol. The van der Waals surface area contributed by atoms with Crippen molar-refractivity contribution in [2.24, 2.45) is 0 Å². The lowest BCUT2D eigenvalue weighted by Gasteiger charge is -2.14. The van der Waals surface area contributed by atoms with Crippen molar-refractivity contribution in [1.82, 2.24) is 4.98 Å². The van der Waals surface area contributed by atoms with Crippen molar-refractivity contribution in [1.29, 1.82) is 0 Å². The van der Waals surface area contributed by atoms with Crippen LogP contribution in [0.3, 0.4) is 0 Å². The largest absolute Gasteiger partial charge is 0.481 e. The van der Waals surface area contributed by atoms with Gasteiger partial charge in [-0.2, -0.15) is 8.78 Å². The molecule has 6 heteroatoms. The molecule has 0 aliphatic heterocycles. The molecular formula is C10H11F2NO3. The average Bonchev–Trinajstić information content (AvgIpc) is 2.27. The Morgan fingerprint density at radius 2 is 2.25 bits per heavy atom. The third kappa shape index (κ3) is 3.15. The number of pyridine rings is 1. The van der Waals surface area contributed by atoms with E-state index in [1.54, 1.807) is 0 Å². The molecule has 0 amide bonds. The number of aliphatic carboxylic acids is 1. The van der Waals surface area contributed by atoms with Crippen molar-refractivity contribution < 1.29 is 23.4 Å². The van der Waals surface area contributed by atoms with E-state index in [1.165, 1.54) is 19.2 Å². The topological polar surface area (TPSA) is 59.4 Å². The maximum absolute atomic E-state index is 13.5. The lowest BCUT2D eigenvalue weighted by molar-refractivity contribution is -0.139. The number of halogens is 2. The Labute approximate surface area is 90.9 Å². The van der Waals surface area contributed by atoms with Crippen LogP contribution < -0.4 is 4.74 Å². The van der Waals surface area contributed by atoms with Gasteiger partial charge in [-0.25, -0.2) is 4.98 Å². The number of rotatable bonds is 5. The van der Waals surface area contributed by atoms with Gasteiger partial charge in [-0.3, -0.25) is 4.79 Å². The SMILES string of the molecule is COc1cccc(C(F)(F)CCC(=O)O)n1. The van der Waals surface area contributed by atoms with Gasteiger partial charge in [-0.15, -0.1) is 0 Å². The van der Waals surface area contributed by atoms with E-state index in [0.29, 0.717) is 0 Å². The van der Waals surface area contributed by atoms with Crippen LogP contribution in [0.25, 0.3) is 0 Å². The molecule has 0 saturated heterocycles. The molecule has 16 heavy (non-hydrogen) atoms. The van der Waals surface area contributed by atoms with E-state index >= 15 is 0 Å². The summed E-state index contributed by atoms with van der Waals surface area (Å²) in [6, 6.07) is 3.97. The zero-order valence-electron chi connectivity index (χ0n) is 8.61. The van der Waals surface area contributed by atoms with Crippen LogP contribution in [0.2, 0.25) is 0 Å². The molecule has 1 heterocycles. The van der Waals surface area contributed by atoms with E-state index in [9.17, 15) is 13.6 Å². The number of hydrogen-bond donors (Lipinski definition) is 1. The minimum atomic E-state index is -3.26. The molecule has 0 atom stereocenters. The Bertz CT molecular complexity index is 382. The van der Waals surface area contributed by atoms with Gasteiger partial charge in [0.2, 0.25) is 5.88 Å². The van der Waals surface area contributed by atoms with Crippen molar-refractivity contribution >= 4 is 5.97 Å². The zero-order valence-corrected chi connectivity index (χ0v) is 8.61. The fraction of sp³-hybridized carbons (Fsp3) is 0.400. The highest BCUT2D eigenvalue weighted by Gasteiger charge is 2.33. The molecule has 0 bridgehead atoms. The fourth-order valence-corrected chi connectivity index (χ4v) is 1.12. The van der Waals surface area contributed by atoms with Crippen molar-refractivity contribution in [3.8, 4) is 5.88 Å². The maximum Gasteiger partial charge on any atom is 0.303 e. The van der Waals surface area contributed by atoms with Crippen LogP contribution in [0.4, 0.5) is 8.78 Å². The molecular weight excluding hydrogens is 220 g/mol. The number of aromatic nitrogens is 1. The summed E-state index contributed by atoms with van der Waals surface area (Å²) in [4.78, 5) is 13.8. The number of nitrogens with zero attached hydrogens (tertiary/aromatic N) is 1. The van der Waals surface area contributed by atoms with Crippen LogP contribution in [0.15, 0.2) is 18.2 Å². The lowest BCUT2D eigenvalue weighted by atomic mass is 10.1. The molecule has 1 rings (SSSR count). The molecule has 1 aromatic heterocycles. The molecule has 0 aromatic carbocycles. The second kappa shape index (κ2) is 4.87. The smallest absolute Gasteiger partial charge is 0.303 e. The van der Waals surface area contributed by atoms with Crippen molar-refractivity contribution in [3.63, 3.8) is 0 Å². The molecule has 4 nitrogen and oxygen atoms in total. The Morgan fingerprint density at radius 1 is 1.56 bits per heavy atom. The first-order chi connectivity index (χ1) is 7.45. The average molecular weight is 231 g/mol. The summed E-state index contributed by atoms with van der Waals surface area (Å²) in [6.07, 6.45) is -1.38. The van der Waals surface area contributed by atoms with Gasteiger partial charge in [-0.05, 0) is 6.07 Å². The number of alkyl halides is 2. The second-order valence-electron chi connectivity index (χ2n) is 3.16. The second-order valence-corrected chi connectivity index (χ2v) is 3.16. The normalized spacial score (nSPS) is 11.2. The number of carboxylic acid groups (broad SMARTS) is 1. The first-order valence-electron chi connectivity index (χ1n) is 4.57. The molecule has 1 aromatic rings. The van der Waals surface area contributed by atoms with Gasteiger partial charge in [0.15, 0.2) is 0 Å². The van der Waals surface area contributed by atoms with Gasteiger partial charge < -0.3 is 9.84 Å². The number of hydrogen-bond acceptors (Lipinski definition) is 3. The molecule has 88 valence electrons. The quantitative estimate of drug-likeness (QED) is 0.842. The number of methoxy groups -OCH3 is 1. The van der Waals surface area contributed by atoms with E-state index in [1.807, 2.05) is 0 Å². The Balaban J connectivity index is 2.83. The van der Waals surface area contributed by atoms with Crippen LogP contribution in [0, 0.1) is 0 Å². The first-order valence-corrected chi connectivity index (χ1v) is 4.57. The van der Waals surface area contributed by atoms with Crippen LogP contribution in [-0.2, 0) is 10.7 Å². The third-order valence-electron chi connectivity index (χ3n) is 1.96. The van der Waals surface area contributed by atoms with Crippen LogP contribution >= 0.6 is 0 Å². The Kier molecular flexibility index (Phi) is 3.76. The van der Waals surface area contributed by atoms with E-state index < -0.39 is 30.4 Å². The summed E-state index contributed by atoms with van der Waals surface area (Å²) in [6.45, 7) is 0. The van der Waals surface area contributed by atoms with Gasteiger partial charge in [0, 0.05) is 12.5 Å². The zero-order chi connectivity index (χ0) is 12.2. The molecule has 0 unspecified atom stereocenters. The van der Waals surface area contributed by atoms with E-state index in [2.05, 4.69) is 4.98 Å². The van der Waals surface area contributed by atoms with Gasteiger partial charge >= 0.3 is 5.97 Å². The van der Waals surface area contributed by atoms with Crippen molar-refractivity contribution in [2.75, 3.05) is 7.11 Å². The molecule has 1 N–H and O–H groups in total. The molecule has 0 spiro atoms. The number of ether oxygens (including phenoxy) is 1. The van der Waals surface area contributed by atoms with E-state index in [0.717, 1.165) is 6.07 Å². The first kappa shape index (κ1) is 12.4. The van der Waals surface area contributed by atoms with Gasteiger partial charge in [-0.1, -0.05) is 6.07 Å². The van der Waals surface area contributed by atoms with E-state index in [-0.39, 0.29) is 5.88 Å². The number of carbonyl (C=O) groups is 1. The Morgan fingerprint density at radius 3 is 2.81 bits per heavy atom. The summed E-state index contributed by atoms with van der Waals surface area (Å²) in [5.74, 6) is -4.44. The number of carboxylic acids is 1. The molecule has 0 radical (unpaired) electrons. The minimum absolute atomic E-state index is 0.0764. The van der Waals surface area contributed by atoms with E-state index in [4.69, 9.17) is 9.84 Å². The standard InChI is InChI=1S/C10H11F2NO3/c1-16-8-4-2-3-7(13-8)10(11,12)6-5-9(14)15/h2-4H,5-6H2,1H3,(H,14,15). The van der Waals surface area contributed by atoms with Gasteiger partial charge in [0.1, 0.15) is 5.69 Å². The predicted octanol–water partition coefficient (Wildman–Crippen LogP) is 2.05. The van der Waals surface area contributed by atoms with Crippen LogP contribution in [-0.4, -0.2) is 23.2 Å². The fourth-order valence-electron chi connectivity index (χ4n) is 1.12. The third-order valence-corrected chi connectivity index (χ3v) is 1.96. The lowest BCUT2D eigenvalue weighted by Crippen LogP contribution is -2.17. The summed E-state index contributed by atoms with van der Waals surface area (Å²) in [5, 5.41) is 8.35. The van der Waals surface area contributed by atoms with Crippen LogP contribution in [0.1, 0.15) is 18.5 Å². The summed E-state index contributed by atoms with van der Waals surface area (Å²) >= 11 is 0.